The molecule has 1 amide bonds. The van der Waals surface area contributed by atoms with E-state index in [0.29, 0.717) is 6.61 Å². The van der Waals surface area contributed by atoms with Crippen molar-refractivity contribution >= 4 is 11.9 Å². The van der Waals surface area contributed by atoms with Crippen LogP contribution in [0.5, 0.6) is 0 Å². The molecule has 1 fully saturated rings. The van der Waals surface area contributed by atoms with Gasteiger partial charge in [-0.15, -0.1) is 0 Å². The van der Waals surface area contributed by atoms with E-state index in [1.165, 1.54) is 6.08 Å². The quantitative estimate of drug-likeness (QED) is 0.571. The third kappa shape index (κ3) is 3.30. The van der Waals surface area contributed by atoms with Crippen LogP contribution in [-0.2, 0) is 19.1 Å². The third-order valence-corrected chi connectivity index (χ3v) is 2.66. The van der Waals surface area contributed by atoms with Crippen molar-refractivity contribution in [1.29, 1.82) is 0 Å². The lowest BCUT2D eigenvalue weighted by Crippen LogP contribution is -2.67. The fourth-order valence-corrected chi connectivity index (χ4v) is 1.41. The smallest absolute Gasteiger partial charge is 0.336 e. The molecular weight excluding hydrogens is 222 g/mol. The van der Waals surface area contributed by atoms with E-state index in [0.717, 1.165) is 12.0 Å². The first-order valence-electron chi connectivity index (χ1n) is 5.78. The summed E-state index contributed by atoms with van der Waals surface area (Å²) in [6, 6.07) is 0. The monoisotopic (exact) mass is 241 g/mol. The first-order chi connectivity index (χ1) is 8.04. The highest BCUT2D eigenvalue weighted by Crippen LogP contribution is 2.19. The molecule has 0 atom stereocenters. The molecule has 0 spiro atoms. The highest BCUT2D eigenvalue weighted by atomic mass is 16.6. The molecule has 17 heavy (non-hydrogen) atoms. The van der Waals surface area contributed by atoms with Crippen LogP contribution in [-0.4, -0.2) is 37.2 Å². The zero-order chi connectivity index (χ0) is 12.9. The number of ether oxygens (including phenoxy) is 2. The number of esters is 1. The lowest BCUT2D eigenvalue weighted by Gasteiger charge is -2.38. The lowest BCUT2D eigenvalue weighted by atomic mass is 9.97. The van der Waals surface area contributed by atoms with E-state index in [-0.39, 0.29) is 19.1 Å². The van der Waals surface area contributed by atoms with Gasteiger partial charge in [0.15, 0.2) is 5.54 Å². The number of allylic oxidation sites excluding steroid dienone is 1. The Morgan fingerprint density at radius 1 is 1.41 bits per heavy atom. The van der Waals surface area contributed by atoms with Gasteiger partial charge >= 0.3 is 5.97 Å². The molecule has 0 unspecified atom stereocenters. The van der Waals surface area contributed by atoms with Gasteiger partial charge in [0.25, 0.3) is 0 Å². The van der Waals surface area contributed by atoms with Crippen LogP contribution < -0.4 is 5.32 Å². The molecule has 96 valence electrons. The molecule has 0 radical (unpaired) electrons. The number of carbonyl (C=O) groups is 2. The van der Waals surface area contributed by atoms with Crippen LogP contribution in [0, 0.1) is 0 Å². The highest BCUT2D eigenvalue weighted by molar-refractivity contribution is 5.94. The molecule has 1 aliphatic heterocycles. The third-order valence-electron chi connectivity index (χ3n) is 2.66. The predicted molar refractivity (Wildman–Crippen MR) is 62.4 cm³/mol. The average molecular weight is 241 g/mol. The van der Waals surface area contributed by atoms with Crippen LogP contribution in [0.25, 0.3) is 0 Å². The van der Waals surface area contributed by atoms with Gasteiger partial charge < -0.3 is 14.8 Å². The van der Waals surface area contributed by atoms with Crippen LogP contribution in [0.15, 0.2) is 11.6 Å². The van der Waals surface area contributed by atoms with Crippen molar-refractivity contribution in [3.8, 4) is 0 Å². The maximum atomic E-state index is 11.7. The molecule has 1 aliphatic rings. The van der Waals surface area contributed by atoms with Crippen molar-refractivity contribution in [3.05, 3.63) is 11.6 Å². The fraction of sp³-hybridized carbons (Fsp3) is 0.667. The molecule has 0 aliphatic carbocycles. The number of hydrogen-bond acceptors (Lipinski definition) is 4. The molecule has 5 heteroatoms. The number of hydrogen-bond donors (Lipinski definition) is 1. The van der Waals surface area contributed by atoms with Gasteiger partial charge in [0.2, 0.25) is 5.91 Å². The Bertz CT molecular complexity index is 331. The van der Waals surface area contributed by atoms with E-state index >= 15 is 0 Å². The van der Waals surface area contributed by atoms with Gasteiger partial charge in [-0.1, -0.05) is 12.5 Å². The van der Waals surface area contributed by atoms with Crippen LogP contribution in [0.4, 0.5) is 0 Å². The largest absolute Gasteiger partial charge is 0.464 e. The first-order valence-corrected chi connectivity index (χ1v) is 5.78. The molecule has 0 saturated carbocycles. The minimum Gasteiger partial charge on any atom is -0.464 e. The zero-order valence-corrected chi connectivity index (χ0v) is 10.5. The summed E-state index contributed by atoms with van der Waals surface area (Å²) in [5.74, 6) is -0.706. The SMILES string of the molecule is CCOC(=O)C1(NC(=O)/C=C(\C)CC)COC1. The molecular formula is C12H19NO4. The van der Waals surface area contributed by atoms with Crippen molar-refractivity contribution in [1.82, 2.24) is 5.32 Å². The van der Waals surface area contributed by atoms with Crippen molar-refractivity contribution in [2.24, 2.45) is 0 Å². The minimum atomic E-state index is -0.988. The van der Waals surface area contributed by atoms with Gasteiger partial charge in [-0.3, -0.25) is 4.79 Å². The first kappa shape index (κ1) is 13.7. The van der Waals surface area contributed by atoms with Crippen LogP contribution in [0.1, 0.15) is 27.2 Å². The highest BCUT2D eigenvalue weighted by Gasteiger charge is 2.48. The second-order valence-corrected chi connectivity index (χ2v) is 4.13. The molecule has 0 aromatic carbocycles. The summed E-state index contributed by atoms with van der Waals surface area (Å²) in [5, 5.41) is 2.66. The van der Waals surface area contributed by atoms with E-state index in [1.807, 2.05) is 13.8 Å². The maximum Gasteiger partial charge on any atom is 0.336 e. The maximum absolute atomic E-state index is 11.7. The molecule has 0 bridgehead atoms. The second kappa shape index (κ2) is 5.82. The summed E-state index contributed by atoms with van der Waals surface area (Å²) < 4.78 is 9.93. The van der Waals surface area contributed by atoms with Crippen LogP contribution >= 0.6 is 0 Å². The Labute approximate surface area is 101 Å². The summed E-state index contributed by atoms with van der Waals surface area (Å²) in [5.41, 5.74) is -0.0285. The van der Waals surface area contributed by atoms with E-state index in [2.05, 4.69) is 5.32 Å². The summed E-state index contributed by atoms with van der Waals surface area (Å²) in [7, 11) is 0. The summed E-state index contributed by atoms with van der Waals surface area (Å²) >= 11 is 0. The Morgan fingerprint density at radius 2 is 2.06 bits per heavy atom. The zero-order valence-electron chi connectivity index (χ0n) is 10.5. The van der Waals surface area contributed by atoms with Crippen molar-refractivity contribution in [2.75, 3.05) is 19.8 Å². The van der Waals surface area contributed by atoms with Gasteiger partial charge in [0, 0.05) is 6.08 Å². The Hall–Kier alpha value is -1.36. The number of carbonyl (C=O) groups excluding carboxylic acids is 2. The Morgan fingerprint density at radius 3 is 2.47 bits per heavy atom. The van der Waals surface area contributed by atoms with E-state index in [1.54, 1.807) is 6.92 Å². The molecule has 0 aromatic rings. The van der Waals surface area contributed by atoms with Crippen molar-refractivity contribution in [3.63, 3.8) is 0 Å². The standard InChI is InChI=1S/C12H19NO4/c1-4-9(3)6-10(14)13-12(7-16-8-12)11(15)17-5-2/h6H,4-5,7-8H2,1-3H3,(H,13,14)/b9-6+. The molecule has 1 rings (SSSR count). The Balaban J connectivity index is 2.64. The molecule has 0 aromatic heterocycles. The number of amides is 1. The average Bonchev–Trinajstić information content (AvgIpc) is 2.23. The summed E-state index contributed by atoms with van der Waals surface area (Å²) in [4.78, 5) is 23.4. The van der Waals surface area contributed by atoms with Gasteiger partial charge in [0.1, 0.15) is 0 Å². The van der Waals surface area contributed by atoms with E-state index in [4.69, 9.17) is 9.47 Å². The van der Waals surface area contributed by atoms with E-state index in [9.17, 15) is 9.59 Å². The van der Waals surface area contributed by atoms with Gasteiger partial charge in [-0.25, -0.2) is 4.79 Å². The molecule has 1 N–H and O–H groups in total. The molecule has 5 nitrogen and oxygen atoms in total. The van der Waals surface area contributed by atoms with Gasteiger partial charge in [-0.05, 0) is 20.3 Å². The second-order valence-electron chi connectivity index (χ2n) is 4.13. The van der Waals surface area contributed by atoms with E-state index < -0.39 is 11.5 Å². The predicted octanol–water partition coefficient (Wildman–Crippen LogP) is 0.791. The fourth-order valence-electron chi connectivity index (χ4n) is 1.41. The molecule has 1 saturated heterocycles. The van der Waals surface area contributed by atoms with Crippen LogP contribution in [0.2, 0.25) is 0 Å². The van der Waals surface area contributed by atoms with Crippen molar-refractivity contribution in [2.45, 2.75) is 32.7 Å². The van der Waals surface area contributed by atoms with Gasteiger partial charge in [-0.2, -0.15) is 0 Å². The number of rotatable bonds is 5. The number of nitrogens with one attached hydrogen (secondary N) is 1. The minimum absolute atomic E-state index is 0.177. The lowest BCUT2D eigenvalue weighted by molar-refractivity contribution is -0.173. The Kier molecular flexibility index (Phi) is 4.69. The molecule has 1 heterocycles. The van der Waals surface area contributed by atoms with Gasteiger partial charge in [0.05, 0.1) is 19.8 Å². The van der Waals surface area contributed by atoms with Crippen molar-refractivity contribution < 1.29 is 19.1 Å². The summed E-state index contributed by atoms with van der Waals surface area (Å²) in [6.07, 6.45) is 2.30. The topological polar surface area (TPSA) is 64.6 Å². The summed E-state index contributed by atoms with van der Waals surface area (Å²) in [6.45, 7) is 6.21. The normalized spacial score (nSPS) is 18.2. The van der Waals surface area contributed by atoms with Crippen LogP contribution in [0.3, 0.4) is 0 Å².